The van der Waals surface area contributed by atoms with E-state index >= 15 is 0 Å². The van der Waals surface area contributed by atoms with Crippen molar-refractivity contribution in [1.82, 2.24) is 9.80 Å². The highest BCUT2D eigenvalue weighted by Gasteiger charge is 2.42. The van der Waals surface area contributed by atoms with E-state index in [1.807, 2.05) is 35.2 Å². The van der Waals surface area contributed by atoms with Gasteiger partial charge in [0.2, 0.25) is 10.0 Å². The number of benzene rings is 2. The molecule has 0 aromatic heterocycles. The molecule has 0 saturated carbocycles. The molecule has 31 heavy (non-hydrogen) atoms. The zero-order valence-corrected chi connectivity index (χ0v) is 18.1. The minimum atomic E-state index is -3.80. The van der Waals surface area contributed by atoms with Gasteiger partial charge in [0.15, 0.2) is 0 Å². The fourth-order valence-electron chi connectivity index (χ4n) is 4.22. The summed E-state index contributed by atoms with van der Waals surface area (Å²) < 4.78 is 23.0. The number of carbonyl (C=O) groups excluding carboxylic acids is 2. The lowest BCUT2D eigenvalue weighted by Crippen LogP contribution is -2.39. The number of amides is 2. The minimum absolute atomic E-state index is 0.0126. The number of nitrogens with zero attached hydrogens (tertiary/aromatic N) is 2. The molecule has 0 radical (unpaired) electrons. The average Bonchev–Trinajstić information content (AvgIpc) is 2.99. The number of sulfonamides is 1. The first-order valence-electron chi connectivity index (χ1n) is 10.3. The van der Waals surface area contributed by atoms with E-state index in [-0.39, 0.29) is 23.3 Å². The molecular formula is C23H25N3O4S. The molecule has 1 fully saturated rings. The predicted octanol–water partition coefficient (Wildman–Crippen LogP) is 2.35. The molecule has 2 aromatic rings. The normalized spacial score (nSPS) is 20.0. The van der Waals surface area contributed by atoms with Crippen LogP contribution in [-0.4, -0.2) is 43.1 Å². The van der Waals surface area contributed by atoms with E-state index < -0.39 is 10.0 Å². The quantitative estimate of drug-likeness (QED) is 0.721. The van der Waals surface area contributed by atoms with Crippen LogP contribution in [0.25, 0.3) is 5.57 Å². The fourth-order valence-corrected chi connectivity index (χ4v) is 4.74. The fraction of sp³-hybridized carbons (Fsp3) is 0.304. The molecule has 2 N–H and O–H groups in total. The van der Waals surface area contributed by atoms with Crippen LogP contribution < -0.4 is 5.14 Å². The van der Waals surface area contributed by atoms with Crippen LogP contribution in [0.1, 0.15) is 30.9 Å². The summed E-state index contributed by atoms with van der Waals surface area (Å²) in [5.74, 6) is -0.200. The molecule has 1 saturated heterocycles. The summed E-state index contributed by atoms with van der Waals surface area (Å²) in [6.45, 7) is 3.69. The van der Waals surface area contributed by atoms with Crippen LogP contribution in [0.3, 0.4) is 0 Å². The topological polar surface area (TPSA) is 101 Å². The van der Waals surface area contributed by atoms with Crippen molar-refractivity contribution in [3.05, 3.63) is 71.4 Å². The maximum Gasteiger partial charge on any atom is 0.278 e. The molecule has 1 atom stereocenters. The Hall–Kier alpha value is -2.97. The second-order valence-corrected chi connectivity index (χ2v) is 9.73. The van der Waals surface area contributed by atoms with E-state index in [9.17, 15) is 18.0 Å². The summed E-state index contributed by atoms with van der Waals surface area (Å²) in [4.78, 5) is 30.1. The van der Waals surface area contributed by atoms with Gasteiger partial charge in [-0.1, -0.05) is 49.4 Å². The summed E-state index contributed by atoms with van der Waals surface area (Å²) in [6.07, 6.45) is 2.08. The third-order valence-corrected chi connectivity index (χ3v) is 6.70. The zero-order chi connectivity index (χ0) is 22.2. The Morgan fingerprint density at radius 2 is 1.68 bits per heavy atom. The smallest absolute Gasteiger partial charge is 0.278 e. The van der Waals surface area contributed by atoms with Gasteiger partial charge in [0.25, 0.3) is 11.8 Å². The number of hydrogen-bond donors (Lipinski definition) is 1. The average molecular weight is 440 g/mol. The largest absolute Gasteiger partial charge is 0.366 e. The molecule has 8 heteroatoms. The molecule has 0 bridgehead atoms. The Kier molecular flexibility index (Phi) is 5.68. The summed E-state index contributed by atoms with van der Waals surface area (Å²) >= 11 is 0. The van der Waals surface area contributed by atoms with Gasteiger partial charge in [0.05, 0.1) is 17.0 Å². The highest BCUT2D eigenvalue weighted by molar-refractivity contribution is 7.89. The van der Waals surface area contributed by atoms with Gasteiger partial charge in [-0.15, -0.1) is 0 Å². The van der Waals surface area contributed by atoms with Gasteiger partial charge in [-0.2, -0.15) is 0 Å². The van der Waals surface area contributed by atoms with Gasteiger partial charge >= 0.3 is 0 Å². The van der Waals surface area contributed by atoms with Crippen LogP contribution in [0.2, 0.25) is 0 Å². The van der Waals surface area contributed by atoms with Crippen molar-refractivity contribution in [1.29, 1.82) is 0 Å². The summed E-state index contributed by atoms with van der Waals surface area (Å²) in [5, 5.41) is 5.15. The number of imide groups is 1. The Balaban J connectivity index is 1.68. The molecule has 2 amide bonds. The SMILES string of the molecule is CC1CCCN(C2=C(c3ccccc3)C(=O)N(Cc3ccc(S(N)(=O)=O)cc3)C2=O)C1. The lowest BCUT2D eigenvalue weighted by atomic mass is 9.98. The molecule has 0 aliphatic carbocycles. The van der Waals surface area contributed by atoms with E-state index in [1.165, 1.54) is 17.0 Å². The molecule has 2 aliphatic heterocycles. The molecule has 2 aromatic carbocycles. The molecule has 2 aliphatic rings. The summed E-state index contributed by atoms with van der Waals surface area (Å²) in [7, 11) is -3.80. The van der Waals surface area contributed by atoms with Gasteiger partial charge in [-0.25, -0.2) is 13.6 Å². The Morgan fingerprint density at radius 3 is 2.29 bits per heavy atom. The van der Waals surface area contributed by atoms with Gasteiger partial charge < -0.3 is 4.90 Å². The number of hydrogen-bond acceptors (Lipinski definition) is 5. The van der Waals surface area contributed by atoms with E-state index in [1.54, 1.807) is 12.1 Å². The van der Waals surface area contributed by atoms with Crippen molar-refractivity contribution < 1.29 is 18.0 Å². The molecular weight excluding hydrogens is 414 g/mol. The molecule has 4 rings (SSSR count). The van der Waals surface area contributed by atoms with Crippen molar-refractivity contribution in [3.63, 3.8) is 0 Å². The Bertz CT molecular complexity index is 1140. The second-order valence-electron chi connectivity index (χ2n) is 8.17. The van der Waals surface area contributed by atoms with Gasteiger partial charge in [-0.3, -0.25) is 14.5 Å². The third kappa shape index (κ3) is 4.26. The van der Waals surface area contributed by atoms with Crippen molar-refractivity contribution in [2.24, 2.45) is 11.1 Å². The van der Waals surface area contributed by atoms with Gasteiger partial charge in [-0.05, 0) is 42.0 Å². The van der Waals surface area contributed by atoms with Crippen LogP contribution in [0, 0.1) is 5.92 Å². The summed E-state index contributed by atoms with van der Waals surface area (Å²) in [6, 6.07) is 15.2. The van der Waals surface area contributed by atoms with E-state index in [4.69, 9.17) is 5.14 Å². The Morgan fingerprint density at radius 1 is 1.00 bits per heavy atom. The van der Waals surface area contributed by atoms with Crippen molar-refractivity contribution >= 4 is 27.4 Å². The number of nitrogens with two attached hydrogens (primary N) is 1. The van der Waals surface area contributed by atoms with Crippen molar-refractivity contribution in [2.75, 3.05) is 13.1 Å². The first-order chi connectivity index (χ1) is 14.8. The second kappa shape index (κ2) is 8.28. The van der Waals surface area contributed by atoms with E-state index in [0.717, 1.165) is 31.5 Å². The monoisotopic (exact) mass is 439 g/mol. The number of carbonyl (C=O) groups is 2. The van der Waals surface area contributed by atoms with Gasteiger partial charge in [0.1, 0.15) is 5.70 Å². The number of rotatable bonds is 5. The first kappa shape index (κ1) is 21.3. The molecule has 7 nitrogen and oxygen atoms in total. The molecule has 162 valence electrons. The molecule has 2 heterocycles. The van der Waals surface area contributed by atoms with Crippen LogP contribution in [-0.2, 0) is 26.2 Å². The number of likely N-dealkylation sites (tertiary alicyclic amines) is 1. The van der Waals surface area contributed by atoms with Crippen molar-refractivity contribution in [2.45, 2.75) is 31.2 Å². The lowest BCUT2D eigenvalue weighted by molar-refractivity contribution is -0.138. The highest BCUT2D eigenvalue weighted by Crippen LogP contribution is 2.34. The van der Waals surface area contributed by atoms with Crippen LogP contribution >= 0.6 is 0 Å². The van der Waals surface area contributed by atoms with Crippen LogP contribution in [0.5, 0.6) is 0 Å². The first-order valence-corrected chi connectivity index (χ1v) is 11.8. The lowest BCUT2D eigenvalue weighted by Gasteiger charge is -2.33. The van der Waals surface area contributed by atoms with Crippen LogP contribution in [0.15, 0.2) is 65.2 Å². The zero-order valence-electron chi connectivity index (χ0n) is 17.3. The highest BCUT2D eigenvalue weighted by atomic mass is 32.2. The maximum atomic E-state index is 13.4. The van der Waals surface area contributed by atoms with Gasteiger partial charge in [0, 0.05) is 13.1 Å². The van der Waals surface area contributed by atoms with Crippen LogP contribution in [0.4, 0.5) is 0 Å². The predicted molar refractivity (Wildman–Crippen MR) is 117 cm³/mol. The summed E-state index contributed by atoms with van der Waals surface area (Å²) in [5.41, 5.74) is 2.26. The molecule has 1 unspecified atom stereocenters. The Labute approximate surface area is 182 Å². The van der Waals surface area contributed by atoms with Crippen molar-refractivity contribution in [3.8, 4) is 0 Å². The third-order valence-electron chi connectivity index (χ3n) is 5.77. The van der Waals surface area contributed by atoms with E-state index in [2.05, 4.69) is 6.92 Å². The standard InChI is InChI=1S/C23H25N3O4S/c1-16-6-5-13-25(14-16)21-20(18-7-3-2-4-8-18)22(27)26(23(21)28)15-17-9-11-19(12-10-17)31(24,29)30/h2-4,7-12,16H,5-6,13-15H2,1H3,(H2,24,29,30). The van der Waals surface area contributed by atoms with E-state index in [0.29, 0.717) is 22.8 Å². The number of primary sulfonamides is 1. The number of piperidine rings is 1. The minimum Gasteiger partial charge on any atom is -0.366 e. The maximum absolute atomic E-state index is 13.4. The molecule has 0 spiro atoms.